The number of aromatic nitrogens is 1. The maximum Gasteiger partial charge on any atom is 0.251 e. The summed E-state index contributed by atoms with van der Waals surface area (Å²) in [6.45, 7) is 3.74. The highest BCUT2D eigenvalue weighted by atomic mass is 32.1. The number of rotatable bonds is 6. The fourth-order valence-electron chi connectivity index (χ4n) is 3.44. The molecule has 30 heavy (non-hydrogen) atoms. The van der Waals surface area contributed by atoms with Gasteiger partial charge in [0.25, 0.3) is 5.91 Å². The summed E-state index contributed by atoms with van der Waals surface area (Å²) in [6, 6.07) is 19.1. The van der Waals surface area contributed by atoms with Crippen molar-refractivity contribution in [3.8, 4) is 10.6 Å². The highest BCUT2D eigenvalue weighted by Gasteiger charge is 2.22. The Bertz CT molecular complexity index is 983. The maximum atomic E-state index is 12.4. The zero-order chi connectivity index (χ0) is 20.8. The van der Waals surface area contributed by atoms with Crippen molar-refractivity contribution in [3.63, 3.8) is 0 Å². The summed E-state index contributed by atoms with van der Waals surface area (Å²) in [5, 5.41) is 5.86. The lowest BCUT2D eigenvalue weighted by molar-refractivity contribution is -0.131. The normalized spacial score (nSPS) is 14.5. The predicted molar refractivity (Wildman–Crippen MR) is 118 cm³/mol. The molecule has 1 fully saturated rings. The molecule has 7 heteroatoms. The van der Waals surface area contributed by atoms with Gasteiger partial charge in [-0.25, -0.2) is 4.98 Å². The third kappa shape index (κ3) is 5.11. The van der Waals surface area contributed by atoms with E-state index in [0.717, 1.165) is 35.9 Å². The van der Waals surface area contributed by atoms with Crippen molar-refractivity contribution in [2.45, 2.75) is 6.54 Å². The Labute approximate surface area is 180 Å². The third-order valence-corrected chi connectivity index (χ3v) is 6.06. The largest absolute Gasteiger partial charge is 0.343 e. The summed E-state index contributed by atoms with van der Waals surface area (Å²) < 4.78 is 0. The van der Waals surface area contributed by atoms with E-state index in [4.69, 9.17) is 4.98 Å². The van der Waals surface area contributed by atoms with Gasteiger partial charge in [-0.15, -0.1) is 11.3 Å². The lowest BCUT2D eigenvalue weighted by Gasteiger charge is -2.34. The second kappa shape index (κ2) is 9.65. The molecule has 2 heterocycles. The van der Waals surface area contributed by atoms with Crippen molar-refractivity contribution in [1.82, 2.24) is 20.1 Å². The molecule has 1 N–H and O–H groups in total. The predicted octanol–water partition coefficient (Wildman–Crippen LogP) is 2.88. The van der Waals surface area contributed by atoms with Crippen LogP contribution < -0.4 is 5.32 Å². The first-order valence-corrected chi connectivity index (χ1v) is 10.9. The summed E-state index contributed by atoms with van der Waals surface area (Å²) >= 11 is 1.66. The maximum absolute atomic E-state index is 12.4. The molecule has 0 atom stereocenters. The molecule has 2 amide bonds. The molecule has 0 saturated carbocycles. The third-order valence-electron chi connectivity index (χ3n) is 5.12. The van der Waals surface area contributed by atoms with Gasteiger partial charge in [0.15, 0.2) is 0 Å². The molecule has 1 aromatic heterocycles. The van der Waals surface area contributed by atoms with Gasteiger partial charge in [-0.2, -0.15) is 0 Å². The molecule has 1 aliphatic rings. The highest BCUT2D eigenvalue weighted by Crippen LogP contribution is 2.24. The van der Waals surface area contributed by atoms with Gasteiger partial charge >= 0.3 is 0 Å². The van der Waals surface area contributed by atoms with Gasteiger partial charge < -0.3 is 10.2 Å². The number of carbonyl (C=O) groups excluding carboxylic acids is 2. The SMILES string of the molecule is O=C(NCC(=O)N1CCN(Cc2csc(-c3ccccc3)n2)CC1)c1ccccc1. The van der Waals surface area contributed by atoms with E-state index < -0.39 is 0 Å². The van der Waals surface area contributed by atoms with Crippen LogP contribution in [0.2, 0.25) is 0 Å². The Hall–Kier alpha value is -3.03. The average molecular weight is 421 g/mol. The van der Waals surface area contributed by atoms with Gasteiger partial charge in [0, 0.05) is 49.2 Å². The Balaban J connectivity index is 1.22. The Kier molecular flexibility index (Phi) is 6.51. The minimum Gasteiger partial charge on any atom is -0.343 e. The van der Waals surface area contributed by atoms with Gasteiger partial charge in [-0.05, 0) is 12.1 Å². The minimum atomic E-state index is -0.222. The van der Waals surface area contributed by atoms with Crippen LogP contribution in [0.5, 0.6) is 0 Å². The lowest BCUT2D eigenvalue weighted by Crippen LogP contribution is -2.50. The summed E-state index contributed by atoms with van der Waals surface area (Å²) in [6.07, 6.45) is 0. The first-order chi connectivity index (χ1) is 14.7. The van der Waals surface area contributed by atoms with Crippen LogP contribution in [0.4, 0.5) is 0 Å². The molecule has 6 nitrogen and oxygen atoms in total. The number of piperazine rings is 1. The fraction of sp³-hybridized carbons (Fsp3) is 0.261. The molecule has 2 aromatic carbocycles. The van der Waals surface area contributed by atoms with Crippen LogP contribution in [0.25, 0.3) is 10.6 Å². The smallest absolute Gasteiger partial charge is 0.251 e. The number of benzene rings is 2. The Morgan fingerprint density at radius 2 is 1.60 bits per heavy atom. The van der Waals surface area contributed by atoms with Crippen molar-refractivity contribution < 1.29 is 9.59 Å². The number of thiazole rings is 1. The van der Waals surface area contributed by atoms with Crippen LogP contribution in [0, 0.1) is 0 Å². The van der Waals surface area contributed by atoms with Crippen LogP contribution in [-0.4, -0.2) is 59.3 Å². The molecule has 0 radical (unpaired) electrons. The minimum absolute atomic E-state index is 0.0280. The standard InChI is InChI=1S/C23H24N4O2S/c28-21(15-24-22(29)18-7-3-1-4-8-18)27-13-11-26(12-14-27)16-20-17-30-23(25-20)19-9-5-2-6-10-19/h1-10,17H,11-16H2,(H,24,29). The van der Waals surface area contributed by atoms with Gasteiger partial charge in [-0.1, -0.05) is 48.5 Å². The first-order valence-electron chi connectivity index (χ1n) is 10.0. The molecule has 0 aliphatic carbocycles. The van der Waals surface area contributed by atoms with Crippen LogP contribution in [-0.2, 0) is 11.3 Å². The molecule has 0 unspecified atom stereocenters. The number of nitrogens with one attached hydrogen (secondary N) is 1. The number of nitrogens with zero attached hydrogens (tertiary/aromatic N) is 3. The molecule has 3 aromatic rings. The zero-order valence-electron chi connectivity index (χ0n) is 16.7. The van der Waals surface area contributed by atoms with Gasteiger partial charge in [0.2, 0.25) is 5.91 Å². The van der Waals surface area contributed by atoms with E-state index in [0.29, 0.717) is 18.7 Å². The van der Waals surface area contributed by atoms with Crippen LogP contribution in [0.15, 0.2) is 66.0 Å². The van der Waals surface area contributed by atoms with E-state index in [9.17, 15) is 9.59 Å². The monoisotopic (exact) mass is 420 g/mol. The van der Waals surface area contributed by atoms with Gasteiger partial charge in [0.05, 0.1) is 12.2 Å². The number of carbonyl (C=O) groups is 2. The summed E-state index contributed by atoms with van der Waals surface area (Å²) in [5.41, 5.74) is 2.77. The van der Waals surface area contributed by atoms with E-state index in [1.807, 2.05) is 29.2 Å². The molecule has 154 valence electrons. The van der Waals surface area contributed by atoms with Crippen molar-refractivity contribution in [2.75, 3.05) is 32.7 Å². The zero-order valence-corrected chi connectivity index (χ0v) is 17.5. The van der Waals surface area contributed by atoms with Crippen LogP contribution in [0.1, 0.15) is 16.1 Å². The summed E-state index contributed by atoms with van der Waals surface area (Å²) in [7, 11) is 0. The quantitative estimate of drug-likeness (QED) is 0.666. The average Bonchev–Trinajstić information content (AvgIpc) is 3.27. The molecule has 0 bridgehead atoms. The first kappa shape index (κ1) is 20.3. The molecular formula is C23H24N4O2S. The Morgan fingerprint density at radius 3 is 2.30 bits per heavy atom. The molecule has 4 rings (SSSR count). The summed E-state index contributed by atoms with van der Waals surface area (Å²) in [4.78, 5) is 33.4. The summed E-state index contributed by atoms with van der Waals surface area (Å²) in [5.74, 6) is -0.265. The van der Waals surface area contributed by atoms with E-state index >= 15 is 0 Å². The van der Waals surface area contributed by atoms with E-state index in [1.54, 1.807) is 35.6 Å². The van der Waals surface area contributed by atoms with Crippen molar-refractivity contribution in [2.24, 2.45) is 0 Å². The lowest BCUT2D eigenvalue weighted by atomic mass is 10.2. The molecule has 0 spiro atoms. The molecule has 1 aliphatic heterocycles. The number of hydrogen-bond acceptors (Lipinski definition) is 5. The number of hydrogen-bond donors (Lipinski definition) is 1. The van der Waals surface area contributed by atoms with E-state index in [-0.39, 0.29) is 18.4 Å². The molecular weight excluding hydrogens is 396 g/mol. The van der Waals surface area contributed by atoms with Crippen LogP contribution in [0.3, 0.4) is 0 Å². The molecule has 1 saturated heterocycles. The second-order valence-electron chi connectivity index (χ2n) is 7.22. The van der Waals surface area contributed by atoms with Crippen molar-refractivity contribution in [3.05, 3.63) is 77.3 Å². The highest BCUT2D eigenvalue weighted by molar-refractivity contribution is 7.13. The van der Waals surface area contributed by atoms with Crippen molar-refractivity contribution in [1.29, 1.82) is 0 Å². The Morgan fingerprint density at radius 1 is 0.933 bits per heavy atom. The number of amides is 2. The second-order valence-corrected chi connectivity index (χ2v) is 8.07. The van der Waals surface area contributed by atoms with Crippen molar-refractivity contribution >= 4 is 23.2 Å². The van der Waals surface area contributed by atoms with E-state index in [1.165, 1.54) is 0 Å². The fourth-order valence-corrected chi connectivity index (χ4v) is 4.25. The van der Waals surface area contributed by atoms with E-state index in [2.05, 4.69) is 27.7 Å². The van der Waals surface area contributed by atoms with Gasteiger partial charge in [0.1, 0.15) is 5.01 Å². The van der Waals surface area contributed by atoms with Gasteiger partial charge in [-0.3, -0.25) is 14.5 Å². The van der Waals surface area contributed by atoms with Crippen LogP contribution >= 0.6 is 11.3 Å². The topological polar surface area (TPSA) is 65.5 Å².